The minimum absolute atomic E-state index is 0.446. The molecule has 0 spiro atoms. The molecule has 2 aromatic rings. The van der Waals surface area contributed by atoms with E-state index in [-0.39, 0.29) is 0 Å². The van der Waals surface area contributed by atoms with E-state index in [1.807, 2.05) is 12.1 Å². The Hall–Kier alpha value is -1.28. The molecule has 0 aliphatic rings. The summed E-state index contributed by atoms with van der Waals surface area (Å²) >= 11 is 0. The van der Waals surface area contributed by atoms with Gasteiger partial charge in [0.15, 0.2) is 0 Å². The number of rotatable bonds is 6. The van der Waals surface area contributed by atoms with Gasteiger partial charge in [-0.2, -0.15) is 0 Å². The maximum Gasteiger partial charge on any atom is 0.134 e. The van der Waals surface area contributed by atoms with Crippen LogP contribution >= 0.6 is 0 Å². The second kappa shape index (κ2) is 6.05. The van der Waals surface area contributed by atoms with Crippen LogP contribution in [0.5, 0.6) is 0 Å². The van der Waals surface area contributed by atoms with E-state index in [1.54, 1.807) is 0 Å². The molecule has 0 fully saturated rings. The Labute approximate surface area is 109 Å². The molecule has 2 rings (SSSR count). The summed E-state index contributed by atoms with van der Waals surface area (Å²) in [6.07, 6.45) is 1.19. The summed E-state index contributed by atoms with van der Waals surface area (Å²) in [5, 5.41) is 4.68. The lowest BCUT2D eigenvalue weighted by Crippen LogP contribution is -2.24. The van der Waals surface area contributed by atoms with E-state index >= 15 is 0 Å². The zero-order valence-corrected chi connectivity index (χ0v) is 11.6. The second-order valence-corrected chi connectivity index (χ2v) is 5.16. The molecule has 2 atom stereocenters. The molecule has 2 unspecified atom stereocenters. The highest BCUT2D eigenvalue weighted by molar-refractivity contribution is 5.77. The van der Waals surface area contributed by atoms with Crippen LogP contribution in [0.15, 0.2) is 34.7 Å². The van der Waals surface area contributed by atoms with Crippen LogP contribution in [0.2, 0.25) is 0 Å². The maximum atomic E-state index is 5.93. The van der Waals surface area contributed by atoms with Crippen molar-refractivity contribution < 1.29 is 4.42 Å². The van der Waals surface area contributed by atoms with E-state index in [1.165, 1.54) is 11.8 Å². The molecule has 1 heterocycles. The molecule has 98 valence electrons. The molecule has 18 heavy (non-hydrogen) atoms. The quantitative estimate of drug-likeness (QED) is 0.773. The highest BCUT2D eigenvalue weighted by atomic mass is 16.3. The molecular formula is C16H23NO. The average molecular weight is 245 g/mol. The van der Waals surface area contributed by atoms with E-state index in [9.17, 15) is 0 Å². The Morgan fingerprint density at radius 3 is 2.72 bits per heavy atom. The number of para-hydroxylation sites is 1. The van der Waals surface area contributed by atoms with Gasteiger partial charge in [-0.1, -0.05) is 39.0 Å². The van der Waals surface area contributed by atoms with Gasteiger partial charge in [-0.15, -0.1) is 0 Å². The van der Waals surface area contributed by atoms with E-state index in [0.29, 0.717) is 11.8 Å². The molecule has 0 amide bonds. The van der Waals surface area contributed by atoms with Crippen molar-refractivity contribution in [1.29, 1.82) is 0 Å². The predicted molar refractivity (Wildman–Crippen MR) is 77.0 cm³/mol. The normalized spacial score (nSPS) is 14.8. The van der Waals surface area contributed by atoms with Gasteiger partial charge in [-0.25, -0.2) is 0 Å². The zero-order valence-electron chi connectivity index (χ0n) is 11.6. The molecule has 0 aliphatic carbocycles. The first-order valence-electron chi connectivity index (χ1n) is 6.91. The van der Waals surface area contributed by atoms with Crippen molar-refractivity contribution in [2.45, 2.75) is 33.1 Å². The summed E-state index contributed by atoms with van der Waals surface area (Å²) in [5.41, 5.74) is 0.994. The van der Waals surface area contributed by atoms with Gasteiger partial charge in [-0.3, -0.25) is 0 Å². The van der Waals surface area contributed by atoms with Gasteiger partial charge in [0.1, 0.15) is 11.3 Å². The molecule has 2 heteroatoms. The first-order valence-corrected chi connectivity index (χ1v) is 6.91. The molecule has 1 N–H and O–H groups in total. The molecule has 0 radical (unpaired) electrons. The van der Waals surface area contributed by atoms with Crippen molar-refractivity contribution in [2.75, 3.05) is 13.1 Å². The standard InChI is InChI=1S/C16H23NO/c1-4-9-17-11-12(2)13(3)16-10-14-7-5-6-8-15(14)18-16/h5-8,10,12-13,17H,4,9,11H2,1-3H3. The van der Waals surface area contributed by atoms with Crippen molar-refractivity contribution in [3.05, 3.63) is 36.1 Å². The summed E-state index contributed by atoms with van der Waals surface area (Å²) in [7, 11) is 0. The first-order chi connectivity index (χ1) is 8.72. The molecule has 0 aliphatic heterocycles. The van der Waals surface area contributed by atoms with Gasteiger partial charge >= 0.3 is 0 Å². The Kier molecular flexibility index (Phi) is 4.43. The summed E-state index contributed by atoms with van der Waals surface area (Å²) in [4.78, 5) is 0. The van der Waals surface area contributed by atoms with Crippen LogP contribution < -0.4 is 5.32 Å². The fourth-order valence-electron chi connectivity index (χ4n) is 2.19. The lowest BCUT2D eigenvalue weighted by molar-refractivity contribution is 0.391. The monoisotopic (exact) mass is 245 g/mol. The third-order valence-corrected chi connectivity index (χ3v) is 3.64. The number of fused-ring (bicyclic) bond motifs is 1. The van der Waals surface area contributed by atoms with Crippen LogP contribution in [-0.2, 0) is 0 Å². The number of hydrogen-bond acceptors (Lipinski definition) is 2. The maximum absolute atomic E-state index is 5.93. The summed E-state index contributed by atoms with van der Waals surface area (Å²) in [6.45, 7) is 8.86. The number of hydrogen-bond donors (Lipinski definition) is 1. The molecule has 1 aromatic heterocycles. The summed E-state index contributed by atoms with van der Waals surface area (Å²) in [5.74, 6) is 2.13. The SMILES string of the molecule is CCCNCC(C)C(C)c1cc2ccccc2o1. The largest absolute Gasteiger partial charge is 0.461 e. The molecular weight excluding hydrogens is 222 g/mol. The molecule has 0 saturated carbocycles. The van der Waals surface area contributed by atoms with Crippen LogP contribution in [0.1, 0.15) is 38.9 Å². The van der Waals surface area contributed by atoms with Crippen LogP contribution in [-0.4, -0.2) is 13.1 Å². The predicted octanol–water partition coefficient (Wildman–Crippen LogP) is 4.17. The fraction of sp³-hybridized carbons (Fsp3) is 0.500. The third-order valence-electron chi connectivity index (χ3n) is 3.64. The highest BCUT2D eigenvalue weighted by Gasteiger charge is 2.17. The fourth-order valence-corrected chi connectivity index (χ4v) is 2.19. The zero-order chi connectivity index (χ0) is 13.0. The van der Waals surface area contributed by atoms with Gasteiger partial charge in [0.05, 0.1) is 0 Å². The average Bonchev–Trinajstić information content (AvgIpc) is 2.81. The molecule has 0 saturated heterocycles. The van der Waals surface area contributed by atoms with Crippen LogP contribution in [0.3, 0.4) is 0 Å². The molecule has 1 aromatic carbocycles. The number of benzene rings is 1. The lowest BCUT2D eigenvalue weighted by atomic mass is 9.93. The first kappa shape index (κ1) is 13.2. The number of furan rings is 1. The Morgan fingerprint density at radius 1 is 1.22 bits per heavy atom. The number of nitrogens with one attached hydrogen (secondary N) is 1. The van der Waals surface area contributed by atoms with E-state index in [2.05, 4.69) is 44.3 Å². The van der Waals surface area contributed by atoms with Gasteiger partial charge in [0.25, 0.3) is 0 Å². The van der Waals surface area contributed by atoms with Gasteiger partial charge < -0.3 is 9.73 Å². The Balaban J connectivity index is 2.05. The third kappa shape index (κ3) is 2.94. The van der Waals surface area contributed by atoms with Crippen molar-refractivity contribution in [1.82, 2.24) is 5.32 Å². The van der Waals surface area contributed by atoms with E-state index in [4.69, 9.17) is 4.42 Å². The van der Waals surface area contributed by atoms with E-state index < -0.39 is 0 Å². The van der Waals surface area contributed by atoms with E-state index in [0.717, 1.165) is 24.4 Å². The topological polar surface area (TPSA) is 25.2 Å². The second-order valence-electron chi connectivity index (χ2n) is 5.16. The van der Waals surface area contributed by atoms with Gasteiger partial charge in [0, 0.05) is 11.3 Å². The molecule has 0 bridgehead atoms. The summed E-state index contributed by atoms with van der Waals surface area (Å²) < 4.78 is 5.93. The summed E-state index contributed by atoms with van der Waals surface area (Å²) in [6, 6.07) is 10.4. The van der Waals surface area contributed by atoms with Crippen molar-refractivity contribution >= 4 is 11.0 Å². The van der Waals surface area contributed by atoms with Gasteiger partial charge in [-0.05, 0) is 37.6 Å². The van der Waals surface area contributed by atoms with Gasteiger partial charge in [0.2, 0.25) is 0 Å². The van der Waals surface area contributed by atoms with Crippen molar-refractivity contribution in [2.24, 2.45) is 5.92 Å². The van der Waals surface area contributed by atoms with Crippen molar-refractivity contribution in [3.8, 4) is 0 Å². The lowest BCUT2D eigenvalue weighted by Gasteiger charge is -2.18. The molecule has 2 nitrogen and oxygen atoms in total. The van der Waals surface area contributed by atoms with Crippen LogP contribution in [0, 0.1) is 5.92 Å². The van der Waals surface area contributed by atoms with Crippen LogP contribution in [0.25, 0.3) is 11.0 Å². The Morgan fingerprint density at radius 2 is 2.00 bits per heavy atom. The smallest absolute Gasteiger partial charge is 0.134 e. The minimum atomic E-state index is 0.446. The van der Waals surface area contributed by atoms with Crippen LogP contribution in [0.4, 0.5) is 0 Å². The highest BCUT2D eigenvalue weighted by Crippen LogP contribution is 2.29. The Bertz CT molecular complexity index is 456. The van der Waals surface area contributed by atoms with Crippen molar-refractivity contribution in [3.63, 3.8) is 0 Å². The minimum Gasteiger partial charge on any atom is -0.461 e.